The van der Waals surface area contributed by atoms with Crippen LogP contribution in [0.4, 0.5) is 0 Å². The Hall–Kier alpha value is -3.07. The van der Waals surface area contributed by atoms with Crippen molar-refractivity contribution >= 4 is 28.5 Å². The molecule has 2 heterocycles. The molecule has 3 aromatic rings. The monoisotopic (exact) mass is 515 g/mol. The van der Waals surface area contributed by atoms with E-state index in [0.717, 1.165) is 25.9 Å². The molecule has 0 bridgehead atoms. The van der Waals surface area contributed by atoms with Gasteiger partial charge < -0.3 is 28.6 Å². The fourth-order valence-corrected chi connectivity index (χ4v) is 4.38. The highest BCUT2D eigenvalue weighted by molar-refractivity contribution is 6.30. The molecule has 1 aliphatic heterocycles. The number of nitrogens with zero attached hydrogens (tertiary/aromatic N) is 1. The van der Waals surface area contributed by atoms with Crippen LogP contribution in [0.1, 0.15) is 25.5 Å². The van der Waals surface area contributed by atoms with Gasteiger partial charge in [-0.2, -0.15) is 0 Å². The van der Waals surface area contributed by atoms with Crippen LogP contribution in [-0.2, 0) is 9.53 Å². The minimum atomic E-state index is -0.705. The largest absolute Gasteiger partial charge is 0.491 e. The van der Waals surface area contributed by atoms with Gasteiger partial charge in [0.2, 0.25) is 11.2 Å². The molecule has 192 valence electrons. The lowest BCUT2D eigenvalue weighted by Crippen LogP contribution is -2.42. The van der Waals surface area contributed by atoms with Gasteiger partial charge in [0.25, 0.3) is 0 Å². The predicted octanol–water partition coefficient (Wildman–Crippen LogP) is 4.56. The van der Waals surface area contributed by atoms with E-state index in [0.29, 0.717) is 46.4 Å². The number of aliphatic hydroxyl groups is 1. The third kappa shape index (κ3) is 6.37. The summed E-state index contributed by atoms with van der Waals surface area (Å²) in [5.41, 5.74) is 0.0792. The molecule has 1 fully saturated rings. The number of rotatable bonds is 9. The van der Waals surface area contributed by atoms with Gasteiger partial charge in [-0.05, 0) is 76.2 Å². The van der Waals surface area contributed by atoms with Crippen LogP contribution < -0.4 is 14.9 Å². The first-order valence-corrected chi connectivity index (χ1v) is 12.4. The number of benzene rings is 2. The Labute approximate surface area is 214 Å². The van der Waals surface area contributed by atoms with Crippen molar-refractivity contribution in [3.8, 4) is 17.2 Å². The minimum Gasteiger partial charge on any atom is -0.491 e. The molecular formula is C27H30ClNO7. The van der Waals surface area contributed by atoms with Crippen LogP contribution >= 0.6 is 11.6 Å². The number of piperidine rings is 1. The summed E-state index contributed by atoms with van der Waals surface area (Å²) < 4.78 is 22.5. The zero-order valence-corrected chi connectivity index (χ0v) is 21.1. The van der Waals surface area contributed by atoms with E-state index in [1.165, 1.54) is 0 Å². The summed E-state index contributed by atoms with van der Waals surface area (Å²) in [6.45, 7) is 5.85. The lowest BCUT2D eigenvalue weighted by molar-refractivity contribution is -0.149. The second-order valence-electron chi connectivity index (χ2n) is 8.82. The van der Waals surface area contributed by atoms with Crippen LogP contribution in [0.2, 0.25) is 5.02 Å². The summed E-state index contributed by atoms with van der Waals surface area (Å²) in [4.78, 5) is 27.0. The number of esters is 1. The van der Waals surface area contributed by atoms with Crippen molar-refractivity contribution in [3.05, 3.63) is 63.5 Å². The van der Waals surface area contributed by atoms with Crippen LogP contribution in [0.5, 0.6) is 17.2 Å². The molecule has 1 aromatic heterocycles. The highest BCUT2D eigenvalue weighted by atomic mass is 35.5. The number of hydrogen-bond donors (Lipinski definition) is 1. The van der Waals surface area contributed by atoms with Crippen molar-refractivity contribution in [1.82, 2.24) is 4.90 Å². The Morgan fingerprint density at radius 3 is 2.56 bits per heavy atom. The third-order valence-electron chi connectivity index (χ3n) is 6.14. The Morgan fingerprint density at radius 1 is 1.17 bits per heavy atom. The number of likely N-dealkylation sites (tertiary alicyclic amines) is 1. The molecule has 0 saturated carbocycles. The average molecular weight is 516 g/mol. The molecule has 8 nitrogen and oxygen atoms in total. The van der Waals surface area contributed by atoms with Gasteiger partial charge in [-0.1, -0.05) is 11.6 Å². The molecule has 1 saturated heterocycles. The summed E-state index contributed by atoms with van der Waals surface area (Å²) in [5, 5.41) is 11.4. The molecule has 1 N–H and O–H groups in total. The van der Waals surface area contributed by atoms with Crippen molar-refractivity contribution in [2.24, 2.45) is 5.92 Å². The fraction of sp³-hybridized carbons (Fsp3) is 0.407. The Kier molecular flexibility index (Phi) is 8.51. The van der Waals surface area contributed by atoms with E-state index in [1.807, 2.05) is 6.92 Å². The average Bonchev–Trinajstić information content (AvgIpc) is 2.87. The summed E-state index contributed by atoms with van der Waals surface area (Å²) >= 11 is 5.91. The van der Waals surface area contributed by atoms with E-state index >= 15 is 0 Å². The number of aryl methyl sites for hydroxylation is 1. The minimum absolute atomic E-state index is 0.0672. The SMILES string of the molecule is CCOC(=O)C1CCN(C[C@H](O)COc2ccc3c(=O)c(Oc4ccc(Cl)cc4)c(C)oc3c2)CC1. The van der Waals surface area contributed by atoms with Crippen LogP contribution in [0.25, 0.3) is 11.0 Å². The van der Waals surface area contributed by atoms with Crippen molar-refractivity contribution in [2.75, 3.05) is 32.8 Å². The number of halogens is 1. The van der Waals surface area contributed by atoms with Gasteiger partial charge in [-0.15, -0.1) is 0 Å². The summed E-state index contributed by atoms with van der Waals surface area (Å²) in [5.74, 6) is 1.21. The quantitative estimate of drug-likeness (QED) is 0.414. The molecule has 0 aliphatic carbocycles. The summed E-state index contributed by atoms with van der Waals surface area (Å²) in [7, 11) is 0. The maximum Gasteiger partial charge on any atom is 0.309 e. The zero-order chi connectivity index (χ0) is 25.7. The normalized spacial score (nSPS) is 15.6. The van der Waals surface area contributed by atoms with Crippen LogP contribution in [0, 0.1) is 12.8 Å². The van der Waals surface area contributed by atoms with E-state index in [2.05, 4.69) is 4.90 Å². The summed E-state index contributed by atoms with van der Waals surface area (Å²) in [6, 6.07) is 11.6. The number of ether oxygens (including phenoxy) is 3. The first-order chi connectivity index (χ1) is 17.3. The molecule has 1 atom stereocenters. The lowest BCUT2D eigenvalue weighted by atomic mass is 9.97. The highest BCUT2D eigenvalue weighted by Crippen LogP contribution is 2.28. The van der Waals surface area contributed by atoms with Crippen molar-refractivity contribution < 1.29 is 28.5 Å². The molecule has 9 heteroatoms. The van der Waals surface area contributed by atoms with Gasteiger partial charge in [-0.3, -0.25) is 9.59 Å². The molecule has 4 rings (SSSR count). The van der Waals surface area contributed by atoms with E-state index in [1.54, 1.807) is 49.4 Å². The van der Waals surface area contributed by atoms with E-state index in [9.17, 15) is 14.7 Å². The van der Waals surface area contributed by atoms with Crippen molar-refractivity contribution in [2.45, 2.75) is 32.8 Å². The lowest BCUT2D eigenvalue weighted by Gasteiger charge is -2.32. The number of fused-ring (bicyclic) bond motifs is 1. The predicted molar refractivity (Wildman–Crippen MR) is 136 cm³/mol. The fourth-order valence-electron chi connectivity index (χ4n) is 4.25. The van der Waals surface area contributed by atoms with Gasteiger partial charge in [0.1, 0.15) is 35.6 Å². The number of carbonyl (C=O) groups is 1. The van der Waals surface area contributed by atoms with Gasteiger partial charge in [0, 0.05) is 17.6 Å². The maximum absolute atomic E-state index is 13.0. The molecule has 0 amide bonds. The first-order valence-electron chi connectivity index (χ1n) is 12.0. The van der Waals surface area contributed by atoms with E-state index < -0.39 is 6.10 Å². The van der Waals surface area contributed by atoms with Gasteiger partial charge in [0.05, 0.1) is 17.9 Å². The van der Waals surface area contributed by atoms with Gasteiger partial charge in [-0.25, -0.2) is 0 Å². The smallest absolute Gasteiger partial charge is 0.309 e. The molecule has 0 unspecified atom stereocenters. The Morgan fingerprint density at radius 2 is 1.86 bits per heavy atom. The molecular weight excluding hydrogens is 486 g/mol. The molecule has 2 aromatic carbocycles. The Balaban J connectivity index is 1.34. The summed E-state index contributed by atoms with van der Waals surface area (Å²) in [6.07, 6.45) is 0.738. The number of β-amino-alcohol motifs (C(OH)–C–C–N with tert-alkyl or cyclic N) is 1. The number of hydrogen-bond acceptors (Lipinski definition) is 8. The van der Waals surface area contributed by atoms with Crippen molar-refractivity contribution in [1.29, 1.82) is 0 Å². The van der Waals surface area contributed by atoms with E-state index in [-0.39, 0.29) is 29.7 Å². The Bertz CT molecular complexity index is 1250. The molecule has 0 radical (unpaired) electrons. The van der Waals surface area contributed by atoms with Crippen LogP contribution in [-0.4, -0.2) is 54.9 Å². The molecule has 36 heavy (non-hydrogen) atoms. The maximum atomic E-state index is 13.0. The van der Waals surface area contributed by atoms with Crippen LogP contribution in [0.3, 0.4) is 0 Å². The molecule has 0 spiro atoms. The van der Waals surface area contributed by atoms with Crippen molar-refractivity contribution in [3.63, 3.8) is 0 Å². The standard InChI is InChI=1S/C27H30ClNO7/c1-3-33-27(32)18-10-12-29(13-11-18)15-20(30)16-34-22-8-9-23-24(14-22)35-17(2)26(25(23)31)36-21-6-4-19(28)5-7-21/h4-9,14,18,20,30H,3,10-13,15-16H2,1-2H3/t20-/m0/s1. The molecule has 1 aliphatic rings. The first kappa shape index (κ1) is 26.0. The van der Waals surface area contributed by atoms with Crippen LogP contribution in [0.15, 0.2) is 51.7 Å². The second-order valence-corrected chi connectivity index (χ2v) is 9.26. The van der Waals surface area contributed by atoms with Gasteiger partial charge in [0.15, 0.2) is 0 Å². The zero-order valence-electron chi connectivity index (χ0n) is 20.4. The third-order valence-corrected chi connectivity index (χ3v) is 6.39. The number of aliphatic hydroxyl groups excluding tert-OH is 1. The van der Waals surface area contributed by atoms with E-state index in [4.69, 9.17) is 30.2 Å². The number of carbonyl (C=O) groups excluding carboxylic acids is 1. The van der Waals surface area contributed by atoms with Gasteiger partial charge >= 0.3 is 5.97 Å². The second kappa shape index (κ2) is 11.8. The topological polar surface area (TPSA) is 98.4 Å². The highest BCUT2D eigenvalue weighted by Gasteiger charge is 2.27.